The fourth-order valence-electron chi connectivity index (χ4n) is 7.55. The average Bonchev–Trinajstić information content (AvgIpc) is 3.26. The van der Waals surface area contributed by atoms with E-state index in [9.17, 15) is 24.6 Å². The molecule has 0 bridgehead atoms. The van der Waals surface area contributed by atoms with E-state index in [2.05, 4.69) is 16.8 Å². The number of aliphatic hydroxyl groups is 1. The zero-order chi connectivity index (χ0) is 32.9. The van der Waals surface area contributed by atoms with Crippen molar-refractivity contribution >= 4 is 29.8 Å². The molecule has 2 atom stereocenters. The Morgan fingerprint density at radius 1 is 0.957 bits per heavy atom. The lowest BCUT2D eigenvalue weighted by Crippen LogP contribution is -2.53. The summed E-state index contributed by atoms with van der Waals surface area (Å²) < 4.78 is 6.01. The number of phenolic OH excluding ortho intramolecular Hbond substituents is 1. The largest absolute Gasteiger partial charge is 0.507 e. The van der Waals surface area contributed by atoms with Crippen LogP contribution in [0.5, 0.6) is 5.75 Å². The van der Waals surface area contributed by atoms with E-state index in [1.165, 1.54) is 0 Å². The number of fused-ring (bicyclic) bond motifs is 1. The van der Waals surface area contributed by atoms with Crippen molar-refractivity contribution in [1.29, 1.82) is 0 Å². The molecule has 0 aliphatic carbocycles. The third kappa shape index (κ3) is 7.73. The molecule has 4 aliphatic rings. The van der Waals surface area contributed by atoms with Crippen molar-refractivity contribution in [3.8, 4) is 5.75 Å². The van der Waals surface area contributed by atoms with Gasteiger partial charge in [0.15, 0.2) is 6.10 Å². The zero-order valence-electron chi connectivity index (χ0n) is 27.1. The number of anilines is 1. The molecule has 0 aromatic heterocycles. The number of para-hydroxylation sites is 1. The smallest absolute Gasteiger partial charge is 0.410 e. The monoisotopic (exact) mass is 645 g/mol. The number of rotatable bonds is 7. The van der Waals surface area contributed by atoms with E-state index >= 15 is 0 Å². The van der Waals surface area contributed by atoms with Gasteiger partial charge in [0.25, 0.3) is 5.91 Å². The van der Waals surface area contributed by atoms with E-state index in [-0.39, 0.29) is 36.3 Å². The number of nitrogens with zero attached hydrogens (tertiary/aromatic N) is 4. The van der Waals surface area contributed by atoms with E-state index in [1.807, 2.05) is 29.2 Å². The topological polar surface area (TPSA) is 126 Å². The lowest BCUT2D eigenvalue weighted by atomic mass is 9.98. The van der Waals surface area contributed by atoms with Gasteiger partial charge in [0, 0.05) is 69.0 Å². The van der Waals surface area contributed by atoms with E-state index < -0.39 is 12.2 Å². The molecule has 3 N–H and O–H groups in total. The first-order valence-corrected chi connectivity index (χ1v) is 17.1. The third-order valence-electron chi connectivity index (χ3n) is 10.3. The summed E-state index contributed by atoms with van der Waals surface area (Å²) in [6.45, 7) is 8.00. The number of urea groups is 1. The summed E-state index contributed by atoms with van der Waals surface area (Å²) in [7, 11) is 0. The van der Waals surface area contributed by atoms with Gasteiger partial charge in [-0.05, 0) is 80.8 Å². The summed E-state index contributed by atoms with van der Waals surface area (Å²) >= 11 is 0. The Balaban J connectivity index is 1.08. The number of amides is 4. The molecule has 2 aromatic rings. The number of benzene rings is 2. The van der Waals surface area contributed by atoms with Gasteiger partial charge >= 0.3 is 12.1 Å². The van der Waals surface area contributed by atoms with Crippen molar-refractivity contribution in [2.24, 2.45) is 0 Å². The number of carbonyl (C=O) groups is 3. The van der Waals surface area contributed by atoms with Gasteiger partial charge in [-0.3, -0.25) is 9.69 Å². The molecule has 4 amide bonds. The van der Waals surface area contributed by atoms with Gasteiger partial charge in [-0.1, -0.05) is 36.9 Å². The van der Waals surface area contributed by atoms with Crippen molar-refractivity contribution in [3.63, 3.8) is 0 Å². The normalized spacial score (nSPS) is 22.2. The molecule has 11 heteroatoms. The highest BCUT2D eigenvalue weighted by molar-refractivity contribution is 5.91. The van der Waals surface area contributed by atoms with Crippen LogP contribution < -0.4 is 5.32 Å². The predicted octanol–water partition coefficient (Wildman–Crippen LogP) is 4.09. The molecule has 3 fully saturated rings. The van der Waals surface area contributed by atoms with Gasteiger partial charge in [-0.25, -0.2) is 9.59 Å². The molecule has 2 aromatic carbocycles. The maximum Gasteiger partial charge on any atom is 0.410 e. The number of phenols is 1. The van der Waals surface area contributed by atoms with Crippen LogP contribution in [0.1, 0.15) is 55.2 Å². The lowest BCUT2D eigenvalue weighted by molar-refractivity contribution is -0.142. The number of likely N-dealkylation sites (tertiary alicyclic amines) is 3. The minimum Gasteiger partial charge on any atom is -0.507 e. The molecule has 4 heterocycles. The van der Waals surface area contributed by atoms with Crippen molar-refractivity contribution < 1.29 is 29.3 Å². The average molecular weight is 646 g/mol. The summed E-state index contributed by atoms with van der Waals surface area (Å²) in [5.74, 6) is -0.127. The summed E-state index contributed by atoms with van der Waals surface area (Å²) in [5.41, 5.74) is 3.27. The van der Waals surface area contributed by atoms with Gasteiger partial charge in [0.1, 0.15) is 5.75 Å². The number of hydrogen-bond donors (Lipinski definition) is 3. The Labute approximate surface area is 276 Å². The number of hydrogen-bond acceptors (Lipinski definition) is 7. The highest BCUT2D eigenvalue weighted by atomic mass is 16.6. The maximum atomic E-state index is 14.0. The van der Waals surface area contributed by atoms with Gasteiger partial charge in [0.2, 0.25) is 0 Å². The van der Waals surface area contributed by atoms with Crippen LogP contribution in [0.4, 0.5) is 15.3 Å². The molecule has 252 valence electrons. The summed E-state index contributed by atoms with van der Waals surface area (Å²) in [6, 6.07) is 13.1. The second-order valence-corrected chi connectivity index (χ2v) is 13.3. The zero-order valence-corrected chi connectivity index (χ0v) is 27.1. The summed E-state index contributed by atoms with van der Waals surface area (Å²) in [6.07, 6.45) is 5.33. The fourth-order valence-corrected chi connectivity index (χ4v) is 7.55. The van der Waals surface area contributed by atoms with Gasteiger partial charge in [-0.15, -0.1) is 0 Å². The molecule has 1 unspecified atom stereocenters. The molecule has 47 heavy (non-hydrogen) atoms. The highest BCUT2D eigenvalue weighted by Gasteiger charge is 2.36. The number of aromatic hydroxyl groups is 1. The van der Waals surface area contributed by atoms with E-state index in [0.717, 1.165) is 55.5 Å². The van der Waals surface area contributed by atoms with Crippen LogP contribution >= 0.6 is 0 Å². The molecular formula is C36H47N5O6. The van der Waals surface area contributed by atoms with E-state index in [4.69, 9.17) is 4.74 Å². The SMILES string of the molecule is C=Cc1cc(C[C@@H](OC(=O)N2CCC(N3CCc4ccccc4NC3=O)CC2)C(=O)N2CCC(N3CCCC(O)C3)CC2)ccc1O. The van der Waals surface area contributed by atoms with Crippen LogP contribution in [0.25, 0.3) is 6.08 Å². The molecule has 0 spiro atoms. The van der Waals surface area contributed by atoms with Crippen molar-refractivity contribution in [3.05, 3.63) is 65.7 Å². The van der Waals surface area contributed by atoms with Gasteiger partial charge < -0.3 is 35.0 Å². The Bertz CT molecular complexity index is 1450. The van der Waals surface area contributed by atoms with Crippen LogP contribution in [-0.4, -0.2) is 118 Å². The second-order valence-electron chi connectivity index (χ2n) is 13.3. The Morgan fingerprint density at radius 2 is 1.68 bits per heavy atom. The number of piperidine rings is 3. The Hall–Kier alpha value is -4.09. The van der Waals surface area contributed by atoms with E-state index in [1.54, 1.807) is 34.1 Å². The number of carbonyl (C=O) groups excluding carboxylic acids is 3. The third-order valence-corrected chi connectivity index (χ3v) is 10.3. The molecular weight excluding hydrogens is 598 g/mol. The molecule has 3 saturated heterocycles. The van der Waals surface area contributed by atoms with Crippen molar-refractivity contribution in [1.82, 2.24) is 19.6 Å². The number of β-amino-alcohol motifs (C(OH)–C–C–N with tert-alkyl or cyclic N) is 1. The molecule has 11 nitrogen and oxygen atoms in total. The number of ether oxygens (including phenoxy) is 1. The molecule has 6 rings (SSSR count). The van der Waals surface area contributed by atoms with Crippen molar-refractivity contribution in [2.45, 2.75) is 75.7 Å². The maximum absolute atomic E-state index is 14.0. The minimum absolute atomic E-state index is 0.00224. The number of aliphatic hydroxyl groups excluding tert-OH is 1. The lowest BCUT2D eigenvalue weighted by Gasteiger charge is -2.42. The van der Waals surface area contributed by atoms with Gasteiger partial charge in [0.05, 0.1) is 6.10 Å². The standard InChI is InChI=1S/C36H47N5O6/c1-2-26-22-25(9-10-32(26)43)23-33(34(44)38-17-12-28(13-18-38)40-16-5-7-30(42)24-40)47-36(46)39-19-14-29(15-20-39)41-21-11-27-6-3-4-8-31(27)37-35(41)45/h2-4,6,8-10,22,28-30,33,42-43H,1,5,7,11-21,23-24H2,(H,37,45)/t30?,33-/m1/s1. The Morgan fingerprint density at radius 3 is 2.43 bits per heavy atom. The van der Waals surface area contributed by atoms with Crippen LogP contribution in [0, 0.1) is 0 Å². The van der Waals surface area contributed by atoms with Crippen LogP contribution in [0.15, 0.2) is 49.0 Å². The summed E-state index contributed by atoms with van der Waals surface area (Å²) in [4.78, 5) is 48.2. The second kappa shape index (κ2) is 14.8. The molecule has 0 radical (unpaired) electrons. The first-order valence-electron chi connectivity index (χ1n) is 17.1. The molecule has 4 aliphatic heterocycles. The van der Waals surface area contributed by atoms with Crippen LogP contribution in [0.2, 0.25) is 0 Å². The Kier molecular flexibility index (Phi) is 10.3. The number of nitrogens with one attached hydrogen (secondary N) is 1. The first kappa shape index (κ1) is 32.8. The first-order chi connectivity index (χ1) is 22.8. The minimum atomic E-state index is -1.02. The van der Waals surface area contributed by atoms with Gasteiger partial charge in [-0.2, -0.15) is 0 Å². The quantitative estimate of drug-likeness (QED) is 0.414. The highest BCUT2D eigenvalue weighted by Crippen LogP contribution is 2.27. The summed E-state index contributed by atoms with van der Waals surface area (Å²) in [5, 5.41) is 23.3. The molecule has 0 saturated carbocycles. The fraction of sp³-hybridized carbons (Fsp3) is 0.528. The van der Waals surface area contributed by atoms with Crippen LogP contribution in [-0.2, 0) is 22.4 Å². The predicted molar refractivity (Wildman–Crippen MR) is 179 cm³/mol. The van der Waals surface area contributed by atoms with Crippen molar-refractivity contribution in [2.75, 3.05) is 51.1 Å². The van der Waals surface area contributed by atoms with E-state index in [0.29, 0.717) is 63.7 Å². The van der Waals surface area contributed by atoms with Crippen LogP contribution in [0.3, 0.4) is 0 Å².